The average Bonchev–Trinajstić information content (AvgIpc) is 3.42. The number of benzene rings is 2. The lowest BCUT2D eigenvalue weighted by Crippen LogP contribution is -2.30. The van der Waals surface area contributed by atoms with Crippen LogP contribution in [0.2, 0.25) is 0 Å². The van der Waals surface area contributed by atoms with E-state index in [1.54, 1.807) is 0 Å². The Morgan fingerprint density at radius 3 is 2.64 bits per heavy atom. The van der Waals surface area contributed by atoms with Crippen molar-refractivity contribution >= 4 is 39.9 Å². The molecule has 10 nitrogen and oxygen atoms in total. The number of hydrogen-bond acceptors (Lipinski definition) is 8. The highest BCUT2D eigenvalue weighted by Gasteiger charge is 2.40. The highest BCUT2D eigenvalue weighted by molar-refractivity contribution is 7.14. The van der Waals surface area contributed by atoms with Gasteiger partial charge in [-0.25, -0.2) is 4.98 Å². The van der Waals surface area contributed by atoms with Crippen LogP contribution in [0.15, 0.2) is 47.8 Å². The van der Waals surface area contributed by atoms with Gasteiger partial charge in [-0.05, 0) is 38.0 Å². The molecule has 0 radical (unpaired) electrons. The van der Waals surface area contributed by atoms with E-state index in [2.05, 4.69) is 10.3 Å². The molecule has 36 heavy (non-hydrogen) atoms. The van der Waals surface area contributed by atoms with Crippen LogP contribution in [0.5, 0.6) is 5.75 Å². The summed E-state index contributed by atoms with van der Waals surface area (Å²) in [7, 11) is 0. The molecule has 0 aliphatic carbocycles. The number of carbonyl (C=O) groups excluding carboxylic acids is 3. The highest BCUT2D eigenvalue weighted by atomic mass is 32.1. The fraction of sp³-hybridized carbons (Fsp3) is 0.280. The fourth-order valence-electron chi connectivity index (χ4n) is 4.00. The van der Waals surface area contributed by atoms with Gasteiger partial charge in [-0.3, -0.25) is 29.4 Å². The van der Waals surface area contributed by atoms with Gasteiger partial charge in [0.05, 0.1) is 22.8 Å². The first-order valence-electron chi connectivity index (χ1n) is 11.5. The molecule has 11 heteroatoms. The molecule has 0 atom stereocenters. The number of nitro benzene ring substituents is 1. The molecule has 2 aromatic carbocycles. The third kappa shape index (κ3) is 5.25. The van der Waals surface area contributed by atoms with Crippen molar-refractivity contribution in [3.63, 3.8) is 0 Å². The molecule has 0 unspecified atom stereocenters. The number of imide groups is 1. The van der Waals surface area contributed by atoms with Gasteiger partial charge in [-0.15, -0.1) is 11.3 Å². The van der Waals surface area contributed by atoms with E-state index in [-0.39, 0.29) is 35.7 Å². The number of nitrogens with zero attached hydrogens (tertiary/aromatic N) is 3. The third-order valence-corrected chi connectivity index (χ3v) is 6.43. The number of para-hydroxylation sites is 1. The zero-order valence-corrected chi connectivity index (χ0v) is 20.4. The first kappa shape index (κ1) is 25.0. The molecule has 0 bridgehead atoms. The van der Waals surface area contributed by atoms with Gasteiger partial charge in [-0.1, -0.05) is 24.6 Å². The maximum Gasteiger partial charge on any atom is 0.282 e. The second-order valence-electron chi connectivity index (χ2n) is 8.04. The molecule has 0 saturated carbocycles. The van der Waals surface area contributed by atoms with Gasteiger partial charge >= 0.3 is 0 Å². The first-order valence-corrected chi connectivity index (χ1v) is 12.4. The maximum atomic E-state index is 12.6. The van der Waals surface area contributed by atoms with E-state index in [4.69, 9.17) is 4.74 Å². The van der Waals surface area contributed by atoms with Crippen LogP contribution in [-0.2, 0) is 4.79 Å². The molecule has 2 heterocycles. The minimum Gasteiger partial charge on any atom is -0.493 e. The van der Waals surface area contributed by atoms with Crippen LogP contribution in [0.1, 0.15) is 53.3 Å². The minimum absolute atomic E-state index is 0.0558. The number of aromatic nitrogens is 1. The van der Waals surface area contributed by atoms with Crippen LogP contribution in [0.3, 0.4) is 0 Å². The smallest absolute Gasteiger partial charge is 0.282 e. The van der Waals surface area contributed by atoms with Crippen LogP contribution < -0.4 is 10.1 Å². The van der Waals surface area contributed by atoms with Gasteiger partial charge in [0, 0.05) is 30.0 Å². The Labute approximate surface area is 211 Å². The van der Waals surface area contributed by atoms with Crippen molar-refractivity contribution in [2.75, 3.05) is 18.5 Å². The van der Waals surface area contributed by atoms with E-state index in [0.717, 1.165) is 21.9 Å². The van der Waals surface area contributed by atoms with Gasteiger partial charge in [0.2, 0.25) is 5.91 Å². The summed E-state index contributed by atoms with van der Waals surface area (Å²) in [4.78, 5) is 53.5. The van der Waals surface area contributed by atoms with E-state index in [1.807, 2.05) is 36.6 Å². The zero-order chi connectivity index (χ0) is 25.7. The molecule has 1 aromatic heterocycles. The Hall–Kier alpha value is -4.12. The minimum atomic E-state index is -0.657. The standard InChI is InChI=1S/C25H24N4O6S/c1-2-35-20-12-6-5-9-16(20)18-15-36-25(26-18)27-21(30)13-4-3-7-14-28-23(31)17-10-8-11-19(29(33)34)22(17)24(28)32/h5-6,8-12,15H,2-4,7,13-14H2,1H3,(H,26,27,30). The zero-order valence-electron chi connectivity index (χ0n) is 19.6. The Morgan fingerprint density at radius 2 is 1.86 bits per heavy atom. The number of thiazole rings is 1. The summed E-state index contributed by atoms with van der Waals surface area (Å²) >= 11 is 1.33. The molecule has 4 rings (SSSR count). The van der Waals surface area contributed by atoms with E-state index in [1.165, 1.54) is 29.5 Å². The summed E-state index contributed by atoms with van der Waals surface area (Å²) in [5.41, 5.74) is 1.12. The number of rotatable bonds is 11. The largest absolute Gasteiger partial charge is 0.493 e. The predicted octanol–water partition coefficient (Wildman–Crippen LogP) is 4.91. The maximum absolute atomic E-state index is 12.6. The molecular formula is C25H24N4O6S. The van der Waals surface area contributed by atoms with Crippen LogP contribution >= 0.6 is 11.3 Å². The summed E-state index contributed by atoms with van der Waals surface area (Å²) in [5.74, 6) is -0.617. The summed E-state index contributed by atoms with van der Waals surface area (Å²) in [6.45, 7) is 2.59. The van der Waals surface area contributed by atoms with Gasteiger partial charge in [0.1, 0.15) is 11.3 Å². The van der Waals surface area contributed by atoms with Crippen molar-refractivity contribution in [2.24, 2.45) is 0 Å². The number of ether oxygens (including phenoxy) is 1. The van der Waals surface area contributed by atoms with Crippen molar-refractivity contribution in [2.45, 2.75) is 32.6 Å². The molecule has 1 N–H and O–H groups in total. The summed E-state index contributed by atoms with van der Waals surface area (Å²) in [6, 6.07) is 11.6. The number of anilines is 1. The molecular weight excluding hydrogens is 484 g/mol. The Bertz CT molecular complexity index is 1320. The number of amides is 3. The molecule has 3 aromatic rings. The fourth-order valence-corrected chi connectivity index (χ4v) is 4.73. The first-order chi connectivity index (χ1) is 17.4. The van der Waals surface area contributed by atoms with Crippen molar-refractivity contribution < 1.29 is 24.0 Å². The van der Waals surface area contributed by atoms with Crippen LogP contribution in [-0.4, -0.2) is 45.7 Å². The SMILES string of the molecule is CCOc1ccccc1-c1csc(NC(=O)CCCCCN2C(=O)c3cccc([N+](=O)[O-])c3C2=O)n1. The van der Waals surface area contributed by atoms with Gasteiger partial charge in [-0.2, -0.15) is 0 Å². The number of fused-ring (bicyclic) bond motifs is 1. The Balaban J connectivity index is 1.24. The normalized spacial score (nSPS) is 12.5. The third-order valence-electron chi connectivity index (χ3n) is 5.67. The highest BCUT2D eigenvalue weighted by Crippen LogP contribution is 2.33. The number of nitro groups is 1. The lowest BCUT2D eigenvalue weighted by atomic mass is 10.1. The van der Waals surface area contributed by atoms with E-state index in [0.29, 0.717) is 31.0 Å². The van der Waals surface area contributed by atoms with Crippen LogP contribution in [0, 0.1) is 10.1 Å². The summed E-state index contributed by atoms with van der Waals surface area (Å²) in [5, 5.41) is 16.4. The molecule has 0 saturated heterocycles. The van der Waals surface area contributed by atoms with E-state index >= 15 is 0 Å². The Kier molecular flexibility index (Phi) is 7.69. The van der Waals surface area contributed by atoms with Crippen molar-refractivity contribution in [3.8, 4) is 17.0 Å². The van der Waals surface area contributed by atoms with Crippen molar-refractivity contribution in [1.29, 1.82) is 0 Å². The van der Waals surface area contributed by atoms with Crippen molar-refractivity contribution in [3.05, 3.63) is 69.1 Å². The van der Waals surface area contributed by atoms with Crippen LogP contribution in [0.25, 0.3) is 11.3 Å². The quantitative estimate of drug-likeness (QED) is 0.168. The number of unbranched alkanes of at least 4 members (excludes halogenated alkanes) is 2. The average molecular weight is 509 g/mol. The van der Waals surface area contributed by atoms with Crippen LogP contribution in [0.4, 0.5) is 10.8 Å². The second kappa shape index (κ2) is 11.1. The Morgan fingerprint density at radius 1 is 1.08 bits per heavy atom. The number of carbonyl (C=O) groups is 3. The molecule has 3 amide bonds. The van der Waals surface area contributed by atoms with Gasteiger partial charge in [0.15, 0.2) is 5.13 Å². The van der Waals surface area contributed by atoms with Crippen molar-refractivity contribution in [1.82, 2.24) is 9.88 Å². The predicted molar refractivity (Wildman–Crippen MR) is 134 cm³/mol. The summed E-state index contributed by atoms with van der Waals surface area (Å²) in [6.07, 6.45) is 1.91. The van der Waals surface area contributed by atoms with Gasteiger partial charge < -0.3 is 10.1 Å². The van der Waals surface area contributed by atoms with Gasteiger partial charge in [0.25, 0.3) is 17.5 Å². The number of hydrogen-bond donors (Lipinski definition) is 1. The molecule has 186 valence electrons. The second-order valence-corrected chi connectivity index (χ2v) is 8.90. The molecule has 1 aliphatic heterocycles. The molecule has 0 fully saturated rings. The van der Waals surface area contributed by atoms with E-state index in [9.17, 15) is 24.5 Å². The number of nitrogens with one attached hydrogen (secondary N) is 1. The molecule has 1 aliphatic rings. The molecule has 0 spiro atoms. The topological polar surface area (TPSA) is 132 Å². The monoisotopic (exact) mass is 508 g/mol. The lowest BCUT2D eigenvalue weighted by molar-refractivity contribution is -0.385. The summed E-state index contributed by atoms with van der Waals surface area (Å²) < 4.78 is 5.64. The lowest BCUT2D eigenvalue weighted by Gasteiger charge is -2.13. The van der Waals surface area contributed by atoms with E-state index < -0.39 is 16.7 Å².